The fourth-order valence-corrected chi connectivity index (χ4v) is 5.57. The average molecular weight is 490 g/mol. The molecule has 0 aromatic heterocycles. The van der Waals surface area contributed by atoms with E-state index >= 15 is 0 Å². The molecule has 0 aliphatic carbocycles. The number of carbonyl (C=O) groups excluding carboxylic acids is 2. The molecule has 4 rings (SSSR count). The molecule has 2 aromatic rings. The molecule has 0 bridgehead atoms. The molecule has 0 saturated carbocycles. The first-order valence-electron chi connectivity index (χ1n) is 10.9. The first-order valence-corrected chi connectivity index (χ1v) is 12.3. The Hall–Kier alpha value is -3.31. The van der Waals surface area contributed by atoms with E-state index in [0.717, 1.165) is 5.56 Å². The van der Waals surface area contributed by atoms with E-state index in [1.54, 1.807) is 32.4 Å². The number of piperidine rings is 1. The summed E-state index contributed by atoms with van der Waals surface area (Å²) < 4.78 is 43.5. The fourth-order valence-electron chi connectivity index (χ4n) is 4.08. The van der Waals surface area contributed by atoms with Gasteiger partial charge >= 0.3 is 0 Å². The van der Waals surface area contributed by atoms with Crippen molar-refractivity contribution in [2.75, 3.05) is 39.2 Å². The number of anilines is 1. The minimum Gasteiger partial charge on any atom is -0.497 e. The normalized spacial score (nSPS) is 16.7. The maximum atomic E-state index is 13.1. The SMILES string of the molecule is COc1ccc(OC)c(CNC(=O)C2CCN(S(=O)(=O)c3ccc4c(c3)NC(=O)CO4)CC2)c1. The third-order valence-electron chi connectivity index (χ3n) is 5.99. The van der Waals surface area contributed by atoms with Crippen LogP contribution in [0.2, 0.25) is 0 Å². The van der Waals surface area contributed by atoms with Crippen molar-refractivity contribution in [2.45, 2.75) is 24.3 Å². The molecule has 2 amide bonds. The van der Waals surface area contributed by atoms with Crippen LogP contribution < -0.4 is 24.8 Å². The third kappa shape index (κ3) is 4.95. The Morgan fingerprint density at radius 1 is 1.15 bits per heavy atom. The number of amides is 2. The highest BCUT2D eigenvalue weighted by Crippen LogP contribution is 2.32. The summed E-state index contributed by atoms with van der Waals surface area (Å²) in [6, 6.07) is 9.77. The van der Waals surface area contributed by atoms with Gasteiger partial charge in [-0.05, 0) is 49.2 Å². The van der Waals surface area contributed by atoms with Gasteiger partial charge in [-0.1, -0.05) is 0 Å². The van der Waals surface area contributed by atoms with Crippen LogP contribution >= 0.6 is 0 Å². The van der Waals surface area contributed by atoms with Crippen molar-refractivity contribution in [3.8, 4) is 17.2 Å². The van der Waals surface area contributed by atoms with Crippen LogP contribution in [0.3, 0.4) is 0 Å². The predicted octanol–water partition coefficient (Wildman–Crippen LogP) is 1.75. The van der Waals surface area contributed by atoms with Gasteiger partial charge in [-0.15, -0.1) is 0 Å². The molecule has 0 unspecified atom stereocenters. The molecule has 2 aliphatic heterocycles. The number of methoxy groups -OCH3 is 2. The lowest BCUT2D eigenvalue weighted by Gasteiger charge is -2.31. The van der Waals surface area contributed by atoms with Crippen LogP contribution in [0, 0.1) is 5.92 Å². The zero-order chi connectivity index (χ0) is 24.3. The zero-order valence-corrected chi connectivity index (χ0v) is 19.8. The number of nitrogens with zero attached hydrogens (tertiary/aromatic N) is 1. The molecule has 10 nitrogen and oxygen atoms in total. The molecule has 1 saturated heterocycles. The van der Waals surface area contributed by atoms with E-state index < -0.39 is 10.0 Å². The summed E-state index contributed by atoms with van der Waals surface area (Å²) in [4.78, 5) is 24.4. The van der Waals surface area contributed by atoms with Crippen molar-refractivity contribution in [2.24, 2.45) is 5.92 Å². The molecule has 182 valence electrons. The monoisotopic (exact) mass is 489 g/mol. The molecule has 34 heavy (non-hydrogen) atoms. The van der Waals surface area contributed by atoms with Gasteiger partial charge in [-0.25, -0.2) is 8.42 Å². The summed E-state index contributed by atoms with van der Waals surface area (Å²) in [7, 11) is -0.638. The van der Waals surface area contributed by atoms with Gasteiger partial charge in [0.05, 0.1) is 24.8 Å². The molecule has 0 atom stereocenters. The van der Waals surface area contributed by atoms with Crippen molar-refractivity contribution in [3.05, 3.63) is 42.0 Å². The largest absolute Gasteiger partial charge is 0.497 e. The summed E-state index contributed by atoms with van der Waals surface area (Å²) in [5.41, 5.74) is 1.12. The molecule has 0 radical (unpaired) electrons. The minimum absolute atomic E-state index is 0.0741. The van der Waals surface area contributed by atoms with Crippen LogP contribution in [-0.4, -0.2) is 58.5 Å². The number of sulfonamides is 1. The van der Waals surface area contributed by atoms with Gasteiger partial charge in [0.25, 0.3) is 5.91 Å². The molecule has 2 heterocycles. The number of hydrogen-bond donors (Lipinski definition) is 2. The maximum absolute atomic E-state index is 13.1. The standard InChI is InChI=1S/C23H27N3O7S/c1-31-17-3-5-20(32-2)16(11-17)13-24-23(28)15-7-9-26(10-8-15)34(29,30)18-4-6-21-19(12-18)25-22(27)14-33-21/h3-6,11-12,15H,7-10,13-14H2,1-2H3,(H,24,28)(H,25,27). The summed E-state index contributed by atoms with van der Waals surface area (Å²) >= 11 is 0. The zero-order valence-electron chi connectivity index (χ0n) is 19.0. The van der Waals surface area contributed by atoms with E-state index in [1.807, 2.05) is 0 Å². The van der Waals surface area contributed by atoms with Crippen LogP contribution in [0.1, 0.15) is 18.4 Å². The Morgan fingerprint density at radius 3 is 2.62 bits per heavy atom. The Balaban J connectivity index is 1.36. The Bertz CT molecular complexity index is 1190. The quantitative estimate of drug-likeness (QED) is 0.607. The van der Waals surface area contributed by atoms with Crippen LogP contribution in [0.25, 0.3) is 0 Å². The molecule has 1 fully saturated rings. The van der Waals surface area contributed by atoms with Crippen molar-refractivity contribution >= 4 is 27.5 Å². The van der Waals surface area contributed by atoms with Crippen LogP contribution in [0.15, 0.2) is 41.3 Å². The Kier molecular flexibility index (Phi) is 6.94. The lowest BCUT2D eigenvalue weighted by atomic mass is 9.97. The first-order chi connectivity index (χ1) is 16.3. The van der Waals surface area contributed by atoms with Crippen molar-refractivity contribution in [3.63, 3.8) is 0 Å². The number of carbonyl (C=O) groups is 2. The number of hydrogen-bond acceptors (Lipinski definition) is 7. The van der Waals surface area contributed by atoms with Crippen LogP contribution in [0.4, 0.5) is 5.69 Å². The number of benzene rings is 2. The van der Waals surface area contributed by atoms with Gasteiger partial charge in [0.1, 0.15) is 17.2 Å². The molecule has 11 heteroatoms. The van der Waals surface area contributed by atoms with E-state index in [0.29, 0.717) is 35.8 Å². The lowest BCUT2D eigenvalue weighted by molar-refractivity contribution is -0.126. The van der Waals surface area contributed by atoms with Gasteiger partial charge in [-0.3, -0.25) is 9.59 Å². The number of nitrogens with one attached hydrogen (secondary N) is 2. The molecule has 2 N–H and O–H groups in total. The van der Waals surface area contributed by atoms with E-state index in [2.05, 4.69) is 10.6 Å². The number of fused-ring (bicyclic) bond motifs is 1. The fraction of sp³-hybridized carbons (Fsp3) is 0.391. The van der Waals surface area contributed by atoms with Crippen LogP contribution in [0.5, 0.6) is 17.2 Å². The summed E-state index contributed by atoms with van der Waals surface area (Å²) in [6.07, 6.45) is 0.816. The molecular weight excluding hydrogens is 462 g/mol. The molecule has 0 spiro atoms. The van der Waals surface area contributed by atoms with Gasteiger partial charge < -0.3 is 24.8 Å². The third-order valence-corrected chi connectivity index (χ3v) is 7.88. The summed E-state index contributed by atoms with van der Waals surface area (Å²) in [5, 5.41) is 5.55. The smallest absolute Gasteiger partial charge is 0.262 e. The highest BCUT2D eigenvalue weighted by molar-refractivity contribution is 7.89. The summed E-state index contributed by atoms with van der Waals surface area (Å²) in [6.45, 7) is 0.631. The molecule has 2 aliphatic rings. The summed E-state index contributed by atoms with van der Waals surface area (Å²) in [5.74, 6) is 0.988. The van der Waals surface area contributed by atoms with E-state index in [9.17, 15) is 18.0 Å². The highest BCUT2D eigenvalue weighted by atomic mass is 32.2. The van der Waals surface area contributed by atoms with Gasteiger partial charge in [0, 0.05) is 31.1 Å². The van der Waals surface area contributed by atoms with Gasteiger partial charge in [-0.2, -0.15) is 4.31 Å². The van der Waals surface area contributed by atoms with Crippen molar-refractivity contribution in [1.82, 2.24) is 9.62 Å². The van der Waals surface area contributed by atoms with Crippen LogP contribution in [-0.2, 0) is 26.2 Å². The first kappa shape index (κ1) is 23.8. The number of rotatable bonds is 7. The van der Waals surface area contributed by atoms with Gasteiger partial charge in [0.15, 0.2) is 6.61 Å². The minimum atomic E-state index is -3.77. The average Bonchev–Trinajstić information content (AvgIpc) is 2.86. The Labute approximate surface area is 198 Å². The second-order valence-electron chi connectivity index (χ2n) is 8.07. The second kappa shape index (κ2) is 9.90. The van der Waals surface area contributed by atoms with Crippen molar-refractivity contribution in [1.29, 1.82) is 0 Å². The maximum Gasteiger partial charge on any atom is 0.262 e. The predicted molar refractivity (Wildman–Crippen MR) is 123 cm³/mol. The van der Waals surface area contributed by atoms with Gasteiger partial charge in [0.2, 0.25) is 15.9 Å². The molecular formula is C23H27N3O7S. The molecule has 2 aromatic carbocycles. The topological polar surface area (TPSA) is 123 Å². The number of ether oxygens (including phenoxy) is 3. The highest BCUT2D eigenvalue weighted by Gasteiger charge is 2.33. The van der Waals surface area contributed by atoms with E-state index in [4.69, 9.17) is 14.2 Å². The lowest BCUT2D eigenvalue weighted by Crippen LogP contribution is -2.42. The van der Waals surface area contributed by atoms with E-state index in [-0.39, 0.29) is 48.9 Å². The van der Waals surface area contributed by atoms with E-state index in [1.165, 1.54) is 22.5 Å². The van der Waals surface area contributed by atoms with Crippen molar-refractivity contribution < 1.29 is 32.2 Å². The second-order valence-corrected chi connectivity index (χ2v) is 10.0. The Morgan fingerprint density at radius 2 is 1.91 bits per heavy atom.